The van der Waals surface area contributed by atoms with Crippen molar-refractivity contribution in [1.82, 2.24) is 4.90 Å². The largest absolute Gasteiger partial charge is 0.492 e. The fraction of sp³-hybridized carbons (Fsp3) is 0.538. The molecule has 1 aromatic rings. The summed E-state index contributed by atoms with van der Waals surface area (Å²) in [5, 5.41) is 3.52. The highest BCUT2D eigenvalue weighted by atomic mass is 16.5. The molecular formula is C13H18N4O. The number of rotatable bonds is 5. The van der Waals surface area contributed by atoms with Crippen molar-refractivity contribution in [2.45, 2.75) is 19.3 Å². The van der Waals surface area contributed by atoms with Crippen LogP contribution in [0.25, 0.3) is 10.4 Å². The monoisotopic (exact) mass is 246 g/mol. The van der Waals surface area contributed by atoms with Crippen LogP contribution in [0.3, 0.4) is 0 Å². The third kappa shape index (κ3) is 3.95. The van der Waals surface area contributed by atoms with E-state index in [1.165, 1.54) is 32.4 Å². The number of piperidine rings is 1. The Morgan fingerprint density at radius 2 is 1.89 bits per heavy atom. The molecule has 1 aliphatic heterocycles. The van der Waals surface area contributed by atoms with E-state index >= 15 is 0 Å². The quantitative estimate of drug-likeness (QED) is 0.453. The van der Waals surface area contributed by atoms with Crippen LogP contribution < -0.4 is 4.74 Å². The van der Waals surface area contributed by atoms with Crippen molar-refractivity contribution in [2.24, 2.45) is 5.11 Å². The van der Waals surface area contributed by atoms with Gasteiger partial charge in [0.05, 0.1) is 0 Å². The molecule has 0 spiro atoms. The van der Waals surface area contributed by atoms with Gasteiger partial charge in [0, 0.05) is 17.1 Å². The zero-order valence-corrected chi connectivity index (χ0v) is 10.5. The van der Waals surface area contributed by atoms with Crippen LogP contribution in [-0.2, 0) is 0 Å². The predicted molar refractivity (Wildman–Crippen MR) is 71.0 cm³/mol. The van der Waals surface area contributed by atoms with Gasteiger partial charge in [-0.1, -0.05) is 11.5 Å². The minimum Gasteiger partial charge on any atom is -0.492 e. The Bertz CT molecular complexity index is 406. The number of hydrogen-bond donors (Lipinski definition) is 0. The molecule has 0 radical (unpaired) electrons. The van der Waals surface area contributed by atoms with Crippen molar-refractivity contribution >= 4 is 5.69 Å². The highest BCUT2D eigenvalue weighted by Gasteiger charge is 2.09. The molecule has 0 aromatic heterocycles. The third-order valence-corrected chi connectivity index (χ3v) is 3.12. The smallest absolute Gasteiger partial charge is 0.119 e. The van der Waals surface area contributed by atoms with Crippen LogP contribution in [0.2, 0.25) is 0 Å². The van der Waals surface area contributed by atoms with Crippen molar-refractivity contribution < 1.29 is 4.74 Å². The SMILES string of the molecule is [N-]=[N+]=Nc1ccc(OCCN2CCCCC2)cc1. The maximum Gasteiger partial charge on any atom is 0.119 e. The molecule has 0 saturated carbocycles. The second-order valence-corrected chi connectivity index (χ2v) is 4.43. The Morgan fingerprint density at radius 3 is 2.56 bits per heavy atom. The van der Waals surface area contributed by atoms with E-state index in [9.17, 15) is 0 Å². The van der Waals surface area contributed by atoms with Crippen molar-refractivity contribution in [3.05, 3.63) is 34.7 Å². The van der Waals surface area contributed by atoms with E-state index < -0.39 is 0 Å². The molecule has 0 amide bonds. The van der Waals surface area contributed by atoms with Crippen molar-refractivity contribution in [2.75, 3.05) is 26.2 Å². The second kappa shape index (κ2) is 6.89. The van der Waals surface area contributed by atoms with Gasteiger partial charge < -0.3 is 4.74 Å². The highest BCUT2D eigenvalue weighted by molar-refractivity contribution is 5.40. The van der Waals surface area contributed by atoms with Gasteiger partial charge in [0.15, 0.2) is 0 Å². The predicted octanol–water partition coefficient (Wildman–Crippen LogP) is 3.49. The molecule has 18 heavy (non-hydrogen) atoms. The van der Waals surface area contributed by atoms with Crippen LogP contribution in [0, 0.1) is 0 Å². The Morgan fingerprint density at radius 1 is 1.17 bits per heavy atom. The van der Waals surface area contributed by atoms with Gasteiger partial charge in [-0.25, -0.2) is 0 Å². The molecular weight excluding hydrogens is 228 g/mol. The number of hydrogen-bond acceptors (Lipinski definition) is 3. The molecule has 0 unspecified atom stereocenters. The van der Waals surface area contributed by atoms with Crippen molar-refractivity contribution in [1.29, 1.82) is 0 Å². The summed E-state index contributed by atoms with van der Waals surface area (Å²) in [6, 6.07) is 7.19. The van der Waals surface area contributed by atoms with Gasteiger partial charge in [-0.2, -0.15) is 0 Å². The molecule has 5 nitrogen and oxygen atoms in total. The first-order chi connectivity index (χ1) is 8.88. The Labute approximate surface area is 107 Å². The van der Waals surface area contributed by atoms with E-state index in [0.717, 1.165) is 12.3 Å². The minimum atomic E-state index is 0.612. The lowest BCUT2D eigenvalue weighted by atomic mass is 10.1. The molecule has 1 saturated heterocycles. The summed E-state index contributed by atoms with van der Waals surface area (Å²) < 4.78 is 5.67. The number of ether oxygens (including phenoxy) is 1. The Hall–Kier alpha value is -1.71. The van der Waals surface area contributed by atoms with Crippen LogP contribution in [0.1, 0.15) is 19.3 Å². The minimum absolute atomic E-state index is 0.612. The molecule has 1 heterocycles. The molecule has 1 aromatic carbocycles. The summed E-state index contributed by atoms with van der Waals surface area (Å²) in [6.07, 6.45) is 3.97. The lowest BCUT2D eigenvalue weighted by molar-refractivity contribution is 0.183. The van der Waals surface area contributed by atoms with Gasteiger partial charge in [0.2, 0.25) is 0 Å². The zero-order chi connectivity index (χ0) is 12.6. The standard InChI is InChI=1S/C13H18N4O/c14-16-15-12-4-6-13(7-5-12)18-11-10-17-8-2-1-3-9-17/h4-7H,1-3,8-11H2. The molecule has 96 valence electrons. The maximum atomic E-state index is 8.30. The fourth-order valence-electron chi connectivity index (χ4n) is 2.14. The lowest BCUT2D eigenvalue weighted by Crippen LogP contribution is -2.33. The summed E-state index contributed by atoms with van der Waals surface area (Å²) in [5.74, 6) is 0.823. The van der Waals surface area contributed by atoms with Crippen molar-refractivity contribution in [3.8, 4) is 5.75 Å². The number of benzene rings is 1. The highest BCUT2D eigenvalue weighted by Crippen LogP contribution is 2.18. The van der Waals surface area contributed by atoms with Gasteiger partial charge in [-0.15, -0.1) is 0 Å². The summed E-state index contributed by atoms with van der Waals surface area (Å²) in [7, 11) is 0. The fourth-order valence-corrected chi connectivity index (χ4v) is 2.14. The van der Waals surface area contributed by atoms with Crippen LogP contribution in [0.4, 0.5) is 5.69 Å². The first kappa shape index (κ1) is 12.7. The lowest BCUT2D eigenvalue weighted by Gasteiger charge is -2.26. The molecule has 2 rings (SSSR count). The first-order valence-electron chi connectivity index (χ1n) is 6.39. The van der Waals surface area contributed by atoms with Crippen molar-refractivity contribution in [3.63, 3.8) is 0 Å². The van der Waals surface area contributed by atoms with Crippen LogP contribution in [0.5, 0.6) is 5.75 Å². The number of nitrogens with zero attached hydrogens (tertiary/aromatic N) is 4. The molecule has 1 fully saturated rings. The van der Waals surface area contributed by atoms with Gasteiger partial charge in [0.25, 0.3) is 0 Å². The Kier molecular flexibility index (Phi) is 4.88. The topological polar surface area (TPSA) is 61.2 Å². The van der Waals surface area contributed by atoms with Crippen LogP contribution in [-0.4, -0.2) is 31.1 Å². The summed E-state index contributed by atoms with van der Waals surface area (Å²) >= 11 is 0. The zero-order valence-electron chi connectivity index (χ0n) is 10.5. The molecule has 0 atom stereocenters. The molecule has 5 heteroatoms. The van der Waals surface area contributed by atoms with E-state index in [1.54, 1.807) is 12.1 Å². The average molecular weight is 246 g/mol. The van der Waals surface area contributed by atoms with E-state index in [2.05, 4.69) is 14.9 Å². The number of likely N-dealkylation sites (tertiary alicyclic amines) is 1. The van der Waals surface area contributed by atoms with E-state index in [-0.39, 0.29) is 0 Å². The maximum absolute atomic E-state index is 8.30. The van der Waals surface area contributed by atoms with E-state index in [1.807, 2.05) is 12.1 Å². The van der Waals surface area contributed by atoms with Crippen LogP contribution >= 0.6 is 0 Å². The molecule has 0 aliphatic carbocycles. The summed E-state index contributed by atoms with van der Waals surface area (Å²) in [5.41, 5.74) is 8.91. The Balaban J connectivity index is 1.74. The molecule has 0 bridgehead atoms. The summed E-state index contributed by atoms with van der Waals surface area (Å²) in [4.78, 5) is 5.18. The average Bonchev–Trinajstić information content (AvgIpc) is 2.42. The second-order valence-electron chi connectivity index (χ2n) is 4.43. The molecule has 1 aliphatic rings. The third-order valence-electron chi connectivity index (χ3n) is 3.12. The molecule has 0 N–H and O–H groups in total. The van der Waals surface area contributed by atoms with E-state index in [0.29, 0.717) is 12.3 Å². The van der Waals surface area contributed by atoms with Gasteiger partial charge >= 0.3 is 0 Å². The van der Waals surface area contributed by atoms with Gasteiger partial charge in [0.1, 0.15) is 12.4 Å². The van der Waals surface area contributed by atoms with Crippen LogP contribution in [0.15, 0.2) is 29.4 Å². The van der Waals surface area contributed by atoms with E-state index in [4.69, 9.17) is 10.3 Å². The van der Waals surface area contributed by atoms with Gasteiger partial charge in [-0.05, 0) is 55.7 Å². The number of azide groups is 1. The normalized spacial score (nSPS) is 16.0. The first-order valence-corrected chi connectivity index (χ1v) is 6.39. The van der Waals surface area contributed by atoms with Gasteiger partial charge in [-0.3, -0.25) is 4.90 Å². The summed E-state index contributed by atoms with van der Waals surface area (Å²) in [6.45, 7) is 4.08.